The van der Waals surface area contributed by atoms with Crippen molar-refractivity contribution in [3.8, 4) is 0 Å². The molecule has 0 fully saturated rings. The second-order valence-electron chi connectivity index (χ2n) is 4.13. The molecule has 1 aromatic carbocycles. The van der Waals surface area contributed by atoms with Gasteiger partial charge in [0.1, 0.15) is 0 Å². The second kappa shape index (κ2) is 4.08. The van der Waals surface area contributed by atoms with Crippen LogP contribution < -0.4 is 4.35 Å². The van der Waals surface area contributed by atoms with Crippen LogP contribution in [0.4, 0.5) is 0 Å². The molecule has 2 radical (unpaired) electrons. The zero-order valence-electron chi connectivity index (χ0n) is 8.83. The van der Waals surface area contributed by atoms with Crippen LogP contribution in [0.1, 0.15) is 24.5 Å². The molecule has 1 atom stereocenters. The van der Waals surface area contributed by atoms with Crippen LogP contribution in [0, 0.1) is 0 Å². The van der Waals surface area contributed by atoms with E-state index in [1.54, 1.807) is 5.56 Å². The van der Waals surface area contributed by atoms with Crippen LogP contribution >= 0.6 is 0 Å². The van der Waals surface area contributed by atoms with E-state index in [4.69, 9.17) is 0 Å². The SMILES string of the molecule is CCC1Cc2ccc([As])cc2CN1C. The van der Waals surface area contributed by atoms with E-state index >= 15 is 0 Å². The molecule has 14 heavy (non-hydrogen) atoms. The predicted octanol–water partition coefficient (Wildman–Crippen LogP) is 1.25. The quantitative estimate of drug-likeness (QED) is 0.677. The maximum atomic E-state index is 2.62. The van der Waals surface area contributed by atoms with Crippen molar-refractivity contribution in [3.05, 3.63) is 29.3 Å². The molecule has 0 bridgehead atoms. The summed E-state index contributed by atoms with van der Waals surface area (Å²) in [5.41, 5.74) is 3.06. The summed E-state index contributed by atoms with van der Waals surface area (Å²) in [6, 6.07) is 7.53. The number of rotatable bonds is 1. The number of hydrogen-bond acceptors (Lipinski definition) is 1. The molecule has 0 saturated heterocycles. The van der Waals surface area contributed by atoms with E-state index in [0.29, 0.717) is 0 Å². The van der Waals surface area contributed by atoms with Gasteiger partial charge in [0.15, 0.2) is 0 Å². The van der Waals surface area contributed by atoms with Gasteiger partial charge in [0.2, 0.25) is 0 Å². The minimum atomic E-state index is 0.736. The monoisotopic (exact) mass is 249 g/mol. The van der Waals surface area contributed by atoms with Gasteiger partial charge < -0.3 is 0 Å². The third kappa shape index (κ3) is 1.89. The van der Waals surface area contributed by atoms with Crippen molar-refractivity contribution >= 4 is 21.2 Å². The fourth-order valence-electron chi connectivity index (χ4n) is 2.22. The fraction of sp³-hybridized carbons (Fsp3) is 0.500. The molecule has 2 rings (SSSR count). The summed E-state index contributed by atoms with van der Waals surface area (Å²) < 4.78 is 1.32. The molecule has 1 aliphatic rings. The summed E-state index contributed by atoms with van der Waals surface area (Å²) in [6.45, 7) is 3.39. The summed E-state index contributed by atoms with van der Waals surface area (Å²) in [6.07, 6.45) is 2.47. The van der Waals surface area contributed by atoms with Crippen molar-refractivity contribution in [1.82, 2.24) is 4.90 Å². The Labute approximate surface area is 95.0 Å². The molecule has 0 saturated carbocycles. The van der Waals surface area contributed by atoms with Crippen molar-refractivity contribution in [3.63, 3.8) is 0 Å². The number of fused-ring (bicyclic) bond motifs is 1. The topological polar surface area (TPSA) is 3.24 Å². The molecule has 0 spiro atoms. The Morgan fingerprint density at radius 2 is 2.21 bits per heavy atom. The van der Waals surface area contributed by atoms with Crippen LogP contribution in [0.15, 0.2) is 18.2 Å². The van der Waals surface area contributed by atoms with Crippen LogP contribution in [0.3, 0.4) is 0 Å². The van der Waals surface area contributed by atoms with Crippen molar-refractivity contribution in [1.29, 1.82) is 0 Å². The third-order valence-corrected chi connectivity index (χ3v) is 3.74. The maximum absolute atomic E-state index is 2.62. The standard InChI is InChI=1S/C12H16AsN/c1-3-12-7-9-4-5-11(13)6-10(9)8-14(12)2/h4-6,12H,3,7-8H2,1-2H3. The van der Waals surface area contributed by atoms with E-state index in [-0.39, 0.29) is 0 Å². The number of likely N-dealkylation sites (N-methyl/N-ethyl adjacent to an activating group) is 1. The second-order valence-corrected chi connectivity index (χ2v) is 5.22. The van der Waals surface area contributed by atoms with E-state index in [2.05, 4.69) is 53.9 Å². The summed E-state index contributed by atoms with van der Waals surface area (Å²) in [5.74, 6) is 0. The van der Waals surface area contributed by atoms with Crippen LogP contribution in [0.5, 0.6) is 0 Å². The molecule has 74 valence electrons. The zero-order chi connectivity index (χ0) is 10.1. The van der Waals surface area contributed by atoms with E-state index in [1.807, 2.05) is 0 Å². The van der Waals surface area contributed by atoms with Gasteiger partial charge in [-0.2, -0.15) is 0 Å². The van der Waals surface area contributed by atoms with Crippen molar-refractivity contribution in [2.24, 2.45) is 0 Å². The number of nitrogens with zero attached hydrogens (tertiary/aromatic N) is 1. The van der Waals surface area contributed by atoms with Crippen molar-refractivity contribution < 1.29 is 0 Å². The van der Waals surface area contributed by atoms with Gasteiger partial charge in [0, 0.05) is 0 Å². The molecular weight excluding hydrogens is 233 g/mol. The van der Waals surface area contributed by atoms with Crippen LogP contribution in [-0.2, 0) is 13.0 Å². The average molecular weight is 249 g/mol. The summed E-state index contributed by atoms with van der Waals surface area (Å²) >= 11 is 2.62. The van der Waals surface area contributed by atoms with Gasteiger partial charge in [-0.3, -0.25) is 0 Å². The first-order valence-corrected chi connectivity index (χ1v) is 6.15. The molecule has 0 amide bonds. The van der Waals surface area contributed by atoms with E-state index in [0.717, 1.165) is 12.6 Å². The molecule has 0 N–H and O–H groups in total. The van der Waals surface area contributed by atoms with Gasteiger partial charge in [0.25, 0.3) is 0 Å². The first kappa shape index (κ1) is 10.3. The van der Waals surface area contributed by atoms with Gasteiger partial charge in [-0.1, -0.05) is 0 Å². The Bertz CT molecular complexity index is 335. The molecule has 0 aromatic heterocycles. The van der Waals surface area contributed by atoms with E-state index in [1.165, 1.54) is 22.8 Å². The number of hydrogen-bond donors (Lipinski definition) is 0. The summed E-state index contributed by atoms with van der Waals surface area (Å²) in [4.78, 5) is 2.47. The molecule has 1 aromatic rings. The Morgan fingerprint density at radius 1 is 1.43 bits per heavy atom. The van der Waals surface area contributed by atoms with E-state index < -0.39 is 0 Å². The number of benzene rings is 1. The molecular formula is C12H16AsN. The van der Waals surface area contributed by atoms with Crippen LogP contribution in [-0.4, -0.2) is 34.8 Å². The minimum absolute atomic E-state index is 0.736. The van der Waals surface area contributed by atoms with Gasteiger partial charge >= 0.3 is 94.8 Å². The first-order valence-electron chi connectivity index (χ1n) is 5.21. The molecule has 1 aliphatic heterocycles. The first-order chi connectivity index (χ1) is 6.70. The summed E-state index contributed by atoms with van der Waals surface area (Å²) in [5, 5.41) is 0. The Morgan fingerprint density at radius 3 is 2.93 bits per heavy atom. The summed E-state index contributed by atoms with van der Waals surface area (Å²) in [7, 11) is 2.23. The van der Waals surface area contributed by atoms with Gasteiger partial charge in [-0.05, 0) is 0 Å². The predicted molar refractivity (Wildman–Crippen MR) is 61.1 cm³/mol. The van der Waals surface area contributed by atoms with Gasteiger partial charge in [-0.15, -0.1) is 0 Å². The average Bonchev–Trinajstić information content (AvgIpc) is 2.16. The molecule has 0 aliphatic carbocycles. The molecule has 1 unspecified atom stereocenters. The molecule has 2 heteroatoms. The Kier molecular flexibility index (Phi) is 2.99. The molecule has 1 heterocycles. The third-order valence-electron chi connectivity index (χ3n) is 3.16. The Hall–Kier alpha value is -0.262. The fourth-order valence-corrected chi connectivity index (χ4v) is 2.71. The van der Waals surface area contributed by atoms with E-state index in [9.17, 15) is 0 Å². The Balaban J connectivity index is 2.30. The normalized spacial score (nSPS) is 22.1. The van der Waals surface area contributed by atoms with Crippen molar-refractivity contribution in [2.75, 3.05) is 7.05 Å². The zero-order valence-corrected chi connectivity index (χ0v) is 10.7. The van der Waals surface area contributed by atoms with Crippen molar-refractivity contribution in [2.45, 2.75) is 32.4 Å². The van der Waals surface area contributed by atoms with Crippen LogP contribution in [0.25, 0.3) is 0 Å². The van der Waals surface area contributed by atoms with Crippen LogP contribution in [0.2, 0.25) is 0 Å². The molecule has 1 nitrogen and oxygen atoms in total. The van der Waals surface area contributed by atoms with Gasteiger partial charge in [-0.25, -0.2) is 0 Å². The van der Waals surface area contributed by atoms with Gasteiger partial charge in [0.05, 0.1) is 0 Å².